The van der Waals surface area contributed by atoms with Gasteiger partial charge in [-0.15, -0.1) is 0 Å². The van der Waals surface area contributed by atoms with Gasteiger partial charge in [0.05, 0.1) is 12.3 Å². The van der Waals surface area contributed by atoms with E-state index in [9.17, 15) is 4.39 Å². The molecule has 3 aromatic rings. The zero-order valence-corrected chi connectivity index (χ0v) is 17.5. The molecule has 1 aromatic heterocycles. The number of hydrogen-bond donors (Lipinski definition) is 0. The lowest BCUT2D eigenvalue weighted by atomic mass is 10.0. The van der Waals surface area contributed by atoms with Gasteiger partial charge in [0.25, 0.3) is 0 Å². The predicted octanol–water partition coefficient (Wildman–Crippen LogP) is 7.47. The zero-order valence-electron chi connectivity index (χ0n) is 17.5. The molecule has 0 saturated carbocycles. The van der Waals surface area contributed by atoms with Crippen molar-refractivity contribution >= 4 is 0 Å². The summed E-state index contributed by atoms with van der Waals surface area (Å²) in [6, 6.07) is 17.2. The van der Waals surface area contributed by atoms with Crippen LogP contribution in [-0.4, -0.2) is 11.6 Å². The van der Waals surface area contributed by atoms with Crippen LogP contribution in [0.5, 0.6) is 5.75 Å². The monoisotopic (exact) mass is 391 g/mol. The van der Waals surface area contributed by atoms with Gasteiger partial charge < -0.3 is 4.74 Å². The Morgan fingerprint density at radius 1 is 0.828 bits per heavy atom. The Morgan fingerprint density at radius 3 is 2.24 bits per heavy atom. The minimum atomic E-state index is -0.263. The van der Waals surface area contributed by atoms with Crippen molar-refractivity contribution in [1.82, 2.24) is 4.98 Å². The fraction of sp³-hybridized carbons (Fsp3) is 0.346. The van der Waals surface area contributed by atoms with E-state index < -0.39 is 0 Å². The van der Waals surface area contributed by atoms with Crippen LogP contribution in [-0.2, 0) is 6.42 Å². The number of halogens is 1. The normalized spacial score (nSPS) is 10.9. The van der Waals surface area contributed by atoms with Crippen molar-refractivity contribution in [2.45, 2.75) is 52.4 Å². The molecule has 152 valence electrons. The second-order valence-electron chi connectivity index (χ2n) is 7.43. The Balaban J connectivity index is 1.68. The van der Waals surface area contributed by atoms with Crippen molar-refractivity contribution in [3.05, 3.63) is 72.2 Å². The number of ether oxygens (including phenoxy) is 1. The first-order valence-electron chi connectivity index (χ1n) is 10.7. The average molecular weight is 392 g/mol. The maximum absolute atomic E-state index is 14.5. The molecule has 0 aliphatic carbocycles. The van der Waals surface area contributed by atoms with E-state index in [0.29, 0.717) is 17.9 Å². The molecule has 0 aliphatic heterocycles. The molecule has 0 saturated heterocycles. The molecule has 0 N–H and O–H groups in total. The van der Waals surface area contributed by atoms with Gasteiger partial charge in [-0.3, -0.25) is 4.98 Å². The highest BCUT2D eigenvalue weighted by Gasteiger charge is 2.08. The number of nitrogens with zero attached hydrogens (tertiary/aromatic N) is 1. The van der Waals surface area contributed by atoms with Crippen LogP contribution in [0.3, 0.4) is 0 Å². The van der Waals surface area contributed by atoms with E-state index in [4.69, 9.17) is 4.74 Å². The van der Waals surface area contributed by atoms with Gasteiger partial charge >= 0.3 is 0 Å². The molecule has 29 heavy (non-hydrogen) atoms. The predicted molar refractivity (Wildman–Crippen MR) is 119 cm³/mol. The number of unbranched alkanes of at least 4 members (excludes halogenated alkanes) is 3. The smallest absolute Gasteiger partial charge is 0.134 e. The summed E-state index contributed by atoms with van der Waals surface area (Å²) in [6.45, 7) is 4.94. The van der Waals surface area contributed by atoms with Crippen LogP contribution in [0.4, 0.5) is 4.39 Å². The van der Waals surface area contributed by atoms with Crippen LogP contribution in [0.15, 0.2) is 60.8 Å². The van der Waals surface area contributed by atoms with Crippen LogP contribution in [0, 0.1) is 5.82 Å². The number of rotatable bonds is 10. The summed E-state index contributed by atoms with van der Waals surface area (Å²) in [7, 11) is 0. The van der Waals surface area contributed by atoms with Crippen molar-refractivity contribution in [2.75, 3.05) is 6.61 Å². The summed E-state index contributed by atoms with van der Waals surface area (Å²) in [5, 5.41) is 0. The second kappa shape index (κ2) is 10.8. The van der Waals surface area contributed by atoms with Gasteiger partial charge in [0.2, 0.25) is 0 Å². The number of hydrogen-bond acceptors (Lipinski definition) is 2. The number of aromatic nitrogens is 1. The van der Waals surface area contributed by atoms with Crippen molar-refractivity contribution in [3.63, 3.8) is 0 Å². The van der Waals surface area contributed by atoms with Crippen molar-refractivity contribution in [1.29, 1.82) is 0 Å². The fourth-order valence-corrected chi connectivity index (χ4v) is 3.30. The fourth-order valence-electron chi connectivity index (χ4n) is 3.30. The first kappa shape index (κ1) is 21.0. The minimum absolute atomic E-state index is 0.263. The van der Waals surface area contributed by atoms with E-state index in [0.717, 1.165) is 36.1 Å². The summed E-state index contributed by atoms with van der Waals surface area (Å²) < 4.78 is 20.1. The van der Waals surface area contributed by atoms with Gasteiger partial charge in [0.1, 0.15) is 11.6 Å². The van der Waals surface area contributed by atoms with Gasteiger partial charge in [-0.1, -0.05) is 63.4 Å². The third-order valence-electron chi connectivity index (χ3n) is 5.09. The standard InChI is InChI=1S/C26H30FNO/c1-3-5-7-8-20-9-16-26(28-19-20)22-12-10-21(11-13-22)24-15-14-23(18-25(24)27)29-17-6-4-2/h9-16,18-19H,3-8,17H2,1-2H3. The van der Waals surface area contributed by atoms with Crippen LogP contribution >= 0.6 is 0 Å². The van der Waals surface area contributed by atoms with Crippen molar-refractivity contribution < 1.29 is 9.13 Å². The van der Waals surface area contributed by atoms with Gasteiger partial charge in [-0.05, 0) is 48.6 Å². The molecule has 2 aromatic carbocycles. The maximum atomic E-state index is 14.5. The summed E-state index contributed by atoms with van der Waals surface area (Å²) in [6.07, 6.45) is 8.77. The van der Waals surface area contributed by atoms with Gasteiger partial charge in [-0.25, -0.2) is 4.39 Å². The molecule has 0 amide bonds. The zero-order chi connectivity index (χ0) is 20.5. The Bertz CT molecular complexity index is 888. The summed E-state index contributed by atoms with van der Waals surface area (Å²) in [5.74, 6) is 0.320. The van der Waals surface area contributed by atoms with Crippen LogP contribution in [0.25, 0.3) is 22.4 Å². The molecule has 0 spiro atoms. The SMILES string of the molecule is CCCCCc1ccc(-c2ccc(-c3ccc(OCCCC)cc3F)cc2)nc1. The third-order valence-corrected chi connectivity index (χ3v) is 5.09. The number of pyridine rings is 1. The molecule has 0 aliphatic rings. The van der Waals surface area contributed by atoms with Crippen LogP contribution < -0.4 is 4.74 Å². The molecular formula is C26H30FNO. The highest BCUT2D eigenvalue weighted by atomic mass is 19.1. The first-order valence-corrected chi connectivity index (χ1v) is 10.7. The van der Waals surface area contributed by atoms with Crippen molar-refractivity contribution in [3.8, 4) is 28.1 Å². The first-order chi connectivity index (χ1) is 14.2. The van der Waals surface area contributed by atoms with E-state index in [1.165, 1.54) is 30.9 Å². The molecule has 0 bridgehead atoms. The molecule has 0 fully saturated rings. The number of aryl methyl sites for hydroxylation is 1. The quantitative estimate of drug-likeness (QED) is 0.334. The van der Waals surface area contributed by atoms with Crippen LogP contribution in [0.2, 0.25) is 0 Å². The topological polar surface area (TPSA) is 22.1 Å². The highest BCUT2D eigenvalue weighted by Crippen LogP contribution is 2.28. The highest BCUT2D eigenvalue weighted by molar-refractivity contribution is 5.69. The Morgan fingerprint density at radius 2 is 1.59 bits per heavy atom. The lowest BCUT2D eigenvalue weighted by molar-refractivity contribution is 0.308. The molecule has 0 unspecified atom stereocenters. The average Bonchev–Trinajstić information content (AvgIpc) is 2.75. The maximum Gasteiger partial charge on any atom is 0.134 e. The molecule has 3 heteroatoms. The summed E-state index contributed by atoms with van der Waals surface area (Å²) >= 11 is 0. The van der Waals surface area contributed by atoms with Crippen LogP contribution in [0.1, 0.15) is 51.5 Å². The Kier molecular flexibility index (Phi) is 7.80. The molecule has 2 nitrogen and oxygen atoms in total. The molecule has 0 atom stereocenters. The minimum Gasteiger partial charge on any atom is -0.493 e. The largest absolute Gasteiger partial charge is 0.493 e. The van der Waals surface area contributed by atoms with Crippen molar-refractivity contribution in [2.24, 2.45) is 0 Å². The molecule has 1 heterocycles. The van der Waals surface area contributed by atoms with E-state index in [-0.39, 0.29) is 5.82 Å². The summed E-state index contributed by atoms with van der Waals surface area (Å²) in [5.41, 5.74) is 4.69. The second-order valence-corrected chi connectivity index (χ2v) is 7.43. The van der Waals surface area contributed by atoms with Gasteiger partial charge in [0, 0.05) is 23.4 Å². The Hall–Kier alpha value is -2.68. The summed E-state index contributed by atoms with van der Waals surface area (Å²) in [4.78, 5) is 4.60. The van der Waals surface area contributed by atoms with E-state index >= 15 is 0 Å². The molecule has 3 rings (SSSR count). The van der Waals surface area contributed by atoms with E-state index in [1.54, 1.807) is 6.07 Å². The number of benzene rings is 2. The Labute approximate surface area is 173 Å². The van der Waals surface area contributed by atoms with E-state index in [2.05, 4.69) is 31.0 Å². The van der Waals surface area contributed by atoms with Gasteiger partial charge in [0.15, 0.2) is 0 Å². The van der Waals surface area contributed by atoms with Gasteiger partial charge in [-0.2, -0.15) is 0 Å². The molecular weight excluding hydrogens is 361 g/mol. The van der Waals surface area contributed by atoms with E-state index in [1.807, 2.05) is 36.5 Å². The third kappa shape index (κ3) is 5.90. The lowest BCUT2D eigenvalue weighted by Crippen LogP contribution is -1.97. The molecule has 0 radical (unpaired) electrons. The lowest BCUT2D eigenvalue weighted by Gasteiger charge is -2.09.